The molecule has 1 amide bonds. The average Bonchev–Trinajstić information content (AvgIpc) is 2.70. The lowest BCUT2D eigenvalue weighted by Gasteiger charge is -2.19. The van der Waals surface area contributed by atoms with Crippen LogP contribution < -0.4 is 10.0 Å². The Morgan fingerprint density at radius 3 is 2.17 bits per heavy atom. The highest BCUT2D eigenvalue weighted by molar-refractivity contribution is 9.10. The van der Waals surface area contributed by atoms with E-state index < -0.39 is 16.1 Å². The molecule has 1 unspecified atom stereocenters. The Labute approximate surface area is 179 Å². The van der Waals surface area contributed by atoms with E-state index in [1.54, 1.807) is 24.3 Å². The highest BCUT2D eigenvalue weighted by atomic mass is 79.9. The minimum absolute atomic E-state index is 0.0341. The fraction of sp³-hybridized carbons (Fsp3) is 0.136. The minimum atomic E-state index is -3.80. The number of amides is 1. The van der Waals surface area contributed by atoms with Crippen molar-refractivity contribution in [2.45, 2.75) is 24.3 Å². The molecule has 1 atom stereocenters. The lowest BCUT2D eigenvalue weighted by molar-refractivity contribution is -0.116. The van der Waals surface area contributed by atoms with E-state index in [-0.39, 0.29) is 17.2 Å². The first-order valence-electron chi connectivity index (χ1n) is 9.03. The summed E-state index contributed by atoms with van der Waals surface area (Å²) in [7, 11) is -3.80. The monoisotopic (exact) mass is 472 g/mol. The van der Waals surface area contributed by atoms with Crippen molar-refractivity contribution in [1.29, 1.82) is 0 Å². The van der Waals surface area contributed by atoms with Gasteiger partial charge in [-0.15, -0.1) is 0 Å². The molecule has 0 aliphatic rings. The van der Waals surface area contributed by atoms with Gasteiger partial charge in [-0.25, -0.2) is 13.1 Å². The zero-order valence-corrected chi connectivity index (χ0v) is 18.2. The maximum Gasteiger partial charge on any atom is 0.241 e. The standard InChI is InChI=1S/C22H21BrN2O3S/c1-16-7-11-19(12-8-16)24-22(26)15-21(17-5-3-2-4-6-17)25-29(27,28)20-13-9-18(23)10-14-20/h2-14,21,25H,15H2,1H3,(H,24,26). The molecule has 29 heavy (non-hydrogen) atoms. The summed E-state index contributed by atoms with van der Waals surface area (Å²) in [5, 5.41) is 2.82. The summed E-state index contributed by atoms with van der Waals surface area (Å²) < 4.78 is 29.1. The maximum atomic E-state index is 12.8. The van der Waals surface area contributed by atoms with E-state index in [4.69, 9.17) is 0 Å². The van der Waals surface area contributed by atoms with Gasteiger partial charge in [-0.05, 0) is 48.9 Å². The molecule has 3 aromatic rings. The Balaban J connectivity index is 1.80. The SMILES string of the molecule is Cc1ccc(NC(=O)CC(NS(=O)(=O)c2ccc(Br)cc2)c2ccccc2)cc1. The van der Waals surface area contributed by atoms with E-state index in [0.717, 1.165) is 10.0 Å². The van der Waals surface area contributed by atoms with Gasteiger partial charge in [-0.1, -0.05) is 64.0 Å². The summed E-state index contributed by atoms with van der Waals surface area (Å²) in [6, 6.07) is 22.2. The van der Waals surface area contributed by atoms with E-state index in [2.05, 4.69) is 26.0 Å². The van der Waals surface area contributed by atoms with Gasteiger partial charge in [0.2, 0.25) is 15.9 Å². The number of sulfonamides is 1. The summed E-state index contributed by atoms with van der Waals surface area (Å²) >= 11 is 3.30. The maximum absolute atomic E-state index is 12.8. The lowest BCUT2D eigenvalue weighted by atomic mass is 10.0. The molecule has 0 aliphatic heterocycles. The third-order valence-electron chi connectivity index (χ3n) is 4.35. The van der Waals surface area contributed by atoms with E-state index in [1.165, 1.54) is 12.1 Å². The first-order valence-corrected chi connectivity index (χ1v) is 11.3. The first-order chi connectivity index (χ1) is 13.8. The second-order valence-corrected chi connectivity index (χ2v) is 9.29. The van der Waals surface area contributed by atoms with Crippen LogP contribution in [0.2, 0.25) is 0 Å². The number of halogens is 1. The molecular weight excluding hydrogens is 452 g/mol. The molecule has 0 fully saturated rings. The quantitative estimate of drug-likeness (QED) is 0.518. The molecule has 0 saturated carbocycles. The van der Waals surface area contributed by atoms with Crippen LogP contribution in [0.3, 0.4) is 0 Å². The van der Waals surface area contributed by atoms with Crippen LogP contribution in [0, 0.1) is 6.92 Å². The highest BCUT2D eigenvalue weighted by Gasteiger charge is 2.23. The van der Waals surface area contributed by atoms with E-state index >= 15 is 0 Å². The van der Waals surface area contributed by atoms with Gasteiger partial charge >= 0.3 is 0 Å². The van der Waals surface area contributed by atoms with Crippen molar-refractivity contribution >= 4 is 37.5 Å². The number of hydrogen-bond donors (Lipinski definition) is 2. The predicted molar refractivity (Wildman–Crippen MR) is 118 cm³/mol. The van der Waals surface area contributed by atoms with Crippen LogP contribution in [0.5, 0.6) is 0 Å². The molecule has 0 heterocycles. The van der Waals surface area contributed by atoms with Gasteiger partial charge in [0.05, 0.1) is 10.9 Å². The van der Waals surface area contributed by atoms with Crippen LogP contribution in [0.15, 0.2) is 88.2 Å². The van der Waals surface area contributed by atoms with E-state index in [0.29, 0.717) is 11.3 Å². The molecule has 7 heteroatoms. The lowest BCUT2D eigenvalue weighted by Crippen LogP contribution is -2.31. The smallest absolute Gasteiger partial charge is 0.241 e. The fourth-order valence-electron chi connectivity index (χ4n) is 2.82. The number of rotatable bonds is 7. The topological polar surface area (TPSA) is 75.3 Å². The van der Waals surface area contributed by atoms with Crippen LogP contribution in [0.1, 0.15) is 23.6 Å². The number of carbonyl (C=O) groups excluding carboxylic acids is 1. The molecule has 150 valence electrons. The van der Waals surface area contributed by atoms with Gasteiger partial charge in [0.25, 0.3) is 0 Å². The van der Waals surface area contributed by atoms with Crippen molar-refractivity contribution in [3.63, 3.8) is 0 Å². The average molecular weight is 473 g/mol. The van der Waals surface area contributed by atoms with Gasteiger partial charge < -0.3 is 5.32 Å². The third kappa shape index (κ3) is 6.00. The molecular formula is C22H21BrN2O3S. The number of anilines is 1. The van der Waals surface area contributed by atoms with E-state index in [1.807, 2.05) is 49.4 Å². The molecule has 5 nitrogen and oxygen atoms in total. The minimum Gasteiger partial charge on any atom is -0.326 e. The van der Waals surface area contributed by atoms with Crippen LogP contribution in [-0.2, 0) is 14.8 Å². The Kier molecular flexibility index (Phi) is 6.84. The Morgan fingerprint density at radius 1 is 0.931 bits per heavy atom. The Hall–Kier alpha value is -2.48. The first kappa shape index (κ1) is 21.2. The molecule has 0 aromatic heterocycles. The van der Waals surface area contributed by atoms with Crippen LogP contribution >= 0.6 is 15.9 Å². The van der Waals surface area contributed by atoms with Crippen LogP contribution in [-0.4, -0.2) is 14.3 Å². The normalized spacial score (nSPS) is 12.3. The Bertz CT molecular complexity index is 1070. The van der Waals surface area contributed by atoms with Crippen molar-refractivity contribution in [1.82, 2.24) is 4.72 Å². The summed E-state index contributed by atoms with van der Waals surface area (Å²) in [6.07, 6.45) is -0.0341. The van der Waals surface area contributed by atoms with Crippen molar-refractivity contribution in [2.75, 3.05) is 5.32 Å². The van der Waals surface area contributed by atoms with Crippen molar-refractivity contribution in [2.24, 2.45) is 0 Å². The molecule has 0 bridgehead atoms. The zero-order chi connectivity index (χ0) is 20.9. The number of carbonyl (C=O) groups is 1. The molecule has 0 saturated heterocycles. The summed E-state index contributed by atoms with van der Waals surface area (Å²) in [5.41, 5.74) is 2.47. The van der Waals surface area contributed by atoms with Crippen LogP contribution in [0.4, 0.5) is 5.69 Å². The van der Waals surface area contributed by atoms with Crippen molar-refractivity contribution in [3.05, 3.63) is 94.5 Å². The number of benzene rings is 3. The number of hydrogen-bond acceptors (Lipinski definition) is 3. The zero-order valence-electron chi connectivity index (χ0n) is 15.8. The molecule has 0 aliphatic carbocycles. The van der Waals surface area contributed by atoms with Gasteiger partial charge in [0.1, 0.15) is 0 Å². The fourth-order valence-corrected chi connectivity index (χ4v) is 4.31. The van der Waals surface area contributed by atoms with Crippen molar-refractivity contribution < 1.29 is 13.2 Å². The van der Waals surface area contributed by atoms with E-state index in [9.17, 15) is 13.2 Å². The molecule has 2 N–H and O–H groups in total. The largest absolute Gasteiger partial charge is 0.326 e. The van der Waals surface area contributed by atoms with Gasteiger partial charge in [0, 0.05) is 16.6 Å². The Morgan fingerprint density at radius 2 is 1.55 bits per heavy atom. The molecule has 3 rings (SSSR count). The summed E-state index contributed by atoms with van der Waals surface area (Å²) in [6.45, 7) is 1.97. The molecule has 0 spiro atoms. The van der Waals surface area contributed by atoms with Gasteiger partial charge in [-0.3, -0.25) is 4.79 Å². The van der Waals surface area contributed by atoms with Gasteiger partial charge in [-0.2, -0.15) is 0 Å². The molecule has 0 radical (unpaired) electrons. The second-order valence-electron chi connectivity index (χ2n) is 6.66. The highest BCUT2D eigenvalue weighted by Crippen LogP contribution is 2.22. The number of nitrogens with one attached hydrogen (secondary N) is 2. The van der Waals surface area contributed by atoms with Gasteiger partial charge in [0.15, 0.2) is 0 Å². The van der Waals surface area contributed by atoms with Crippen molar-refractivity contribution in [3.8, 4) is 0 Å². The predicted octanol–water partition coefficient (Wildman–Crippen LogP) is 4.81. The third-order valence-corrected chi connectivity index (χ3v) is 6.36. The summed E-state index contributed by atoms with van der Waals surface area (Å²) in [4.78, 5) is 12.7. The second kappa shape index (κ2) is 9.35. The number of aryl methyl sites for hydroxylation is 1. The summed E-state index contributed by atoms with van der Waals surface area (Å²) in [5.74, 6) is -0.277. The van der Waals surface area contributed by atoms with Crippen LogP contribution in [0.25, 0.3) is 0 Å². The molecule has 3 aromatic carbocycles.